The minimum Gasteiger partial charge on any atom is -0.392 e. The van der Waals surface area contributed by atoms with Gasteiger partial charge in [-0.05, 0) is 36.0 Å². The second-order valence-corrected chi connectivity index (χ2v) is 10.3. The SMILES string of the molecule is CC1(C)CCCC2(C)C1CC(O)C13C(=O)C4(CO4)C(C(O)C(=O)C21)C3O. The van der Waals surface area contributed by atoms with Crippen LogP contribution >= 0.6 is 0 Å². The van der Waals surface area contributed by atoms with Crippen LogP contribution in [0.3, 0.4) is 0 Å². The molecule has 0 aromatic rings. The van der Waals surface area contributed by atoms with Gasteiger partial charge in [-0.15, -0.1) is 0 Å². The van der Waals surface area contributed by atoms with E-state index in [1.165, 1.54) is 0 Å². The van der Waals surface area contributed by atoms with Crippen molar-refractivity contribution >= 4 is 11.6 Å². The second kappa shape index (κ2) is 4.59. The summed E-state index contributed by atoms with van der Waals surface area (Å²) in [7, 11) is 0. The number of aliphatic hydroxyl groups excluding tert-OH is 3. The summed E-state index contributed by atoms with van der Waals surface area (Å²) in [4.78, 5) is 26.9. The molecule has 0 radical (unpaired) electrons. The third-order valence-corrected chi connectivity index (χ3v) is 8.94. The quantitative estimate of drug-likeness (QED) is 0.539. The summed E-state index contributed by atoms with van der Waals surface area (Å²) in [5.74, 6) is -2.50. The number of carbonyl (C=O) groups is 2. The largest absolute Gasteiger partial charge is 0.392 e. The highest BCUT2D eigenvalue weighted by Crippen LogP contribution is 2.72. The Balaban J connectivity index is 1.75. The van der Waals surface area contributed by atoms with Crippen molar-refractivity contribution < 1.29 is 29.6 Å². The van der Waals surface area contributed by atoms with Gasteiger partial charge in [0.05, 0.1) is 30.1 Å². The molecule has 4 saturated carbocycles. The third-order valence-electron chi connectivity index (χ3n) is 8.94. The number of rotatable bonds is 0. The summed E-state index contributed by atoms with van der Waals surface area (Å²) in [6.45, 7) is 6.46. The standard InChI is InChI=1S/C20H28O6/c1-17(2)5-4-6-18(3)9(17)7-10(21)20-14(18)13(23)12(22)11(15(20)24)19(8-26-19)16(20)25/h9-12,14-15,21-22,24H,4-8H2,1-3H3. The Labute approximate surface area is 152 Å². The molecule has 0 amide bonds. The van der Waals surface area contributed by atoms with Crippen molar-refractivity contribution in [3.63, 3.8) is 0 Å². The van der Waals surface area contributed by atoms with Crippen LogP contribution in [0.25, 0.3) is 0 Å². The fourth-order valence-corrected chi connectivity index (χ4v) is 7.85. The number of hydrogen-bond acceptors (Lipinski definition) is 6. The molecule has 4 aliphatic carbocycles. The summed E-state index contributed by atoms with van der Waals surface area (Å²) in [6, 6.07) is 0. The van der Waals surface area contributed by atoms with Gasteiger partial charge in [0.25, 0.3) is 0 Å². The van der Waals surface area contributed by atoms with E-state index < -0.39 is 46.6 Å². The van der Waals surface area contributed by atoms with Gasteiger partial charge in [0.15, 0.2) is 17.2 Å². The maximum atomic E-state index is 13.5. The van der Waals surface area contributed by atoms with E-state index >= 15 is 0 Å². The molecule has 26 heavy (non-hydrogen) atoms. The first-order valence-electron chi connectivity index (χ1n) is 9.82. The van der Waals surface area contributed by atoms with Crippen LogP contribution in [0.15, 0.2) is 0 Å². The Morgan fingerprint density at radius 3 is 2.35 bits per heavy atom. The number of aliphatic hydroxyl groups is 3. The Morgan fingerprint density at radius 2 is 1.73 bits per heavy atom. The normalized spacial score (nSPS) is 59.9. The van der Waals surface area contributed by atoms with Gasteiger partial charge in [0.1, 0.15) is 6.10 Å². The van der Waals surface area contributed by atoms with Gasteiger partial charge in [-0.1, -0.05) is 27.2 Å². The maximum absolute atomic E-state index is 13.5. The van der Waals surface area contributed by atoms with E-state index in [1.54, 1.807) is 0 Å². The van der Waals surface area contributed by atoms with Crippen LogP contribution in [0.2, 0.25) is 0 Å². The molecule has 0 aromatic carbocycles. The zero-order chi connectivity index (χ0) is 18.9. The van der Waals surface area contributed by atoms with E-state index in [0.29, 0.717) is 6.42 Å². The minimum atomic E-state index is -1.53. The molecule has 9 atom stereocenters. The summed E-state index contributed by atoms with van der Waals surface area (Å²) in [6.07, 6.45) is -0.651. The van der Waals surface area contributed by atoms with Crippen LogP contribution in [0.1, 0.15) is 46.5 Å². The van der Waals surface area contributed by atoms with E-state index in [0.717, 1.165) is 19.3 Å². The molecule has 9 unspecified atom stereocenters. The molecular formula is C20H28O6. The molecule has 144 valence electrons. The van der Waals surface area contributed by atoms with Crippen molar-refractivity contribution in [1.29, 1.82) is 0 Å². The summed E-state index contributed by atoms with van der Waals surface area (Å²) in [5.41, 5.74) is -3.41. The fraction of sp³-hybridized carbons (Fsp3) is 0.900. The van der Waals surface area contributed by atoms with Crippen molar-refractivity contribution in [1.82, 2.24) is 0 Å². The average molecular weight is 364 g/mol. The lowest BCUT2D eigenvalue weighted by Gasteiger charge is -2.64. The predicted octanol–water partition coefficient (Wildman–Crippen LogP) is 0.459. The predicted molar refractivity (Wildman–Crippen MR) is 90.0 cm³/mol. The number of fused-ring (bicyclic) bond motifs is 4. The number of hydrogen-bond donors (Lipinski definition) is 3. The van der Waals surface area contributed by atoms with Gasteiger partial charge in [-0.3, -0.25) is 9.59 Å². The highest BCUT2D eigenvalue weighted by molar-refractivity contribution is 6.07. The molecule has 1 aliphatic heterocycles. The topological polar surface area (TPSA) is 107 Å². The monoisotopic (exact) mass is 364 g/mol. The third kappa shape index (κ3) is 1.54. The fourth-order valence-electron chi connectivity index (χ4n) is 7.85. The maximum Gasteiger partial charge on any atom is 0.179 e. The number of carbonyl (C=O) groups excluding carboxylic acids is 2. The minimum absolute atomic E-state index is 0.0544. The highest BCUT2D eigenvalue weighted by Gasteiger charge is 2.86. The number of ether oxygens (including phenoxy) is 1. The number of ketones is 2. The highest BCUT2D eigenvalue weighted by atomic mass is 16.6. The van der Waals surface area contributed by atoms with E-state index in [9.17, 15) is 24.9 Å². The zero-order valence-corrected chi connectivity index (χ0v) is 15.6. The van der Waals surface area contributed by atoms with Gasteiger partial charge in [0.2, 0.25) is 0 Å². The Kier molecular flexibility index (Phi) is 3.05. The smallest absolute Gasteiger partial charge is 0.179 e. The van der Waals surface area contributed by atoms with Crippen LogP contribution in [0, 0.1) is 34.0 Å². The molecule has 3 N–H and O–H groups in total. The molecular weight excluding hydrogens is 336 g/mol. The first-order valence-corrected chi connectivity index (χ1v) is 9.82. The molecule has 6 heteroatoms. The van der Waals surface area contributed by atoms with Crippen LogP contribution < -0.4 is 0 Å². The molecule has 2 bridgehead atoms. The summed E-state index contributed by atoms with van der Waals surface area (Å²) >= 11 is 0. The van der Waals surface area contributed by atoms with Crippen LogP contribution in [-0.2, 0) is 14.3 Å². The van der Waals surface area contributed by atoms with Crippen LogP contribution in [0.5, 0.6) is 0 Å². The zero-order valence-electron chi connectivity index (χ0n) is 15.6. The first kappa shape index (κ1) is 17.3. The first-order chi connectivity index (χ1) is 12.0. The van der Waals surface area contributed by atoms with Gasteiger partial charge >= 0.3 is 0 Å². The second-order valence-electron chi connectivity index (χ2n) is 10.3. The van der Waals surface area contributed by atoms with Crippen molar-refractivity contribution in [3.05, 3.63) is 0 Å². The summed E-state index contributed by atoms with van der Waals surface area (Å²) < 4.78 is 5.44. The molecule has 1 heterocycles. The van der Waals surface area contributed by atoms with E-state index in [-0.39, 0.29) is 29.5 Å². The van der Waals surface area contributed by atoms with Gasteiger partial charge in [0, 0.05) is 5.92 Å². The van der Waals surface area contributed by atoms with Gasteiger partial charge < -0.3 is 20.1 Å². The number of epoxide rings is 1. The molecule has 5 fully saturated rings. The van der Waals surface area contributed by atoms with Crippen LogP contribution in [0.4, 0.5) is 0 Å². The molecule has 5 rings (SSSR count). The van der Waals surface area contributed by atoms with Crippen molar-refractivity contribution in [2.45, 2.75) is 70.4 Å². The lowest BCUT2D eigenvalue weighted by molar-refractivity contribution is -0.230. The van der Waals surface area contributed by atoms with Gasteiger partial charge in [-0.2, -0.15) is 0 Å². The molecule has 1 saturated heterocycles. The Morgan fingerprint density at radius 1 is 1.08 bits per heavy atom. The van der Waals surface area contributed by atoms with E-state index in [4.69, 9.17) is 4.74 Å². The van der Waals surface area contributed by atoms with Crippen LogP contribution in [-0.4, -0.2) is 57.4 Å². The molecule has 6 nitrogen and oxygen atoms in total. The summed E-state index contributed by atoms with van der Waals surface area (Å²) in [5, 5.41) is 33.1. The Hall–Kier alpha value is -0.820. The van der Waals surface area contributed by atoms with Crippen molar-refractivity contribution in [2.24, 2.45) is 34.0 Å². The molecule has 5 aliphatic rings. The average Bonchev–Trinajstić information content (AvgIpc) is 3.32. The molecule has 2 spiro atoms. The molecule has 0 aromatic heterocycles. The van der Waals surface area contributed by atoms with E-state index in [1.807, 2.05) is 6.92 Å². The van der Waals surface area contributed by atoms with Crippen molar-refractivity contribution in [3.8, 4) is 0 Å². The van der Waals surface area contributed by atoms with E-state index in [2.05, 4.69) is 13.8 Å². The number of Topliss-reactive ketones (excluding diaryl/α,β-unsaturated/α-hetero) is 2. The Bertz CT molecular complexity index is 711. The van der Waals surface area contributed by atoms with Crippen molar-refractivity contribution in [2.75, 3.05) is 6.61 Å². The lowest BCUT2D eigenvalue weighted by Crippen LogP contribution is -2.71. The van der Waals surface area contributed by atoms with Gasteiger partial charge in [-0.25, -0.2) is 0 Å². The lowest BCUT2D eigenvalue weighted by atomic mass is 9.39.